The number of nitrogens with zero attached hydrogens (tertiary/aromatic N) is 1. The quantitative estimate of drug-likeness (QED) is 0.434. The molecule has 0 atom stereocenters. The van der Waals surface area contributed by atoms with Crippen LogP contribution in [0.2, 0.25) is 0 Å². The molecule has 0 aromatic heterocycles. The van der Waals surface area contributed by atoms with Gasteiger partial charge in [0.1, 0.15) is 0 Å². The second-order valence-electron chi connectivity index (χ2n) is 5.00. The minimum absolute atomic E-state index is 0.128. The molecule has 140 valence electrons. The summed E-state index contributed by atoms with van der Waals surface area (Å²) in [5, 5.41) is 10.8. The first kappa shape index (κ1) is 19.7. The molecule has 0 saturated heterocycles. The van der Waals surface area contributed by atoms with E-state index in [4.69, 9.17) is 0 Å². The molecule has 2 aromatic carbocycles. The number of sulfone groups is 1. The van der Waals surface area contributed by atoms with Gasteiger partial charge in [0.25, 0.3) is 5.69 Å². The van der Waals surface area contributed by atoms with Crippen LogP contribution in [-0.2, 0) is 22.2 Å². The van der Waals surface area contributed by atoms with Gasteiger partial charge in [-0.3, -0.25) is 10.1 Å². The van der Waals surface area contributed by atoms with Crippen LogP contribution < -0.4 is 0 Å². The maximum Gasteiger partial charge on any atom is 0.416 e. The van der Waals surface area contributed by atoms with Crippen molar-refractivity contribution < 1.29 is 39.7 Å². The van der Waals surface area contributed by atoms with E-state index in [1.165, 1.54) is 0 Å². The van der Waals surface area contributed by atoms with Gasteiger partial charge in [0, 0.05) is 12.1 Å². The van der Waals surface area contributed by atoms with Gasteiger partial charge in [-0.1, -0.05) is 6.07 Å². The van der Waals surface area contributed by atoms with Gasteiger partial charge in [0.05, 0.1) is 25.8 Å². The lowest BCUT2D eigenvalue weighted by molar-refractivity contribution is -0.385. The SMILES string of the molecule is O=[N+]([O-])c1cc(C(F)(F)F)cc(S(=O)(=O)c2cccc(C(F)(F)F)c2)c1. The maximum absolute atomic E-state index is 12.9. The van der Waals surface area contributed by atoms with E-state index in [0.717, 1.165) is 12.1 Å². The van der Waals surface area contributed by atoms with Crippen molar-refractivity contribution in [1.82, 2.24) is 0 Å². The fourth-order valence-corrected chi connectivity index (χ4v) is 3.35. The zero-order valence-corrected chi connectivity index (χ0v) is 13.1. The number of alkyl halides is 6. The Morgan fingerprint density at radius 3 is 1.85 bits per heavy atom. The number of nitro groups is 1. The summed E-state index contributed by atoms with van der Waals surface area (Å²) < 4.78 is 102. The lowest BCUT2D eigenvalue weighted by atomic mass is 10.2. The molecule has 5 nitrogen and oxygen atoms in total. The molecule has 2 rings (SSSR count). The predicted molar refractivity (Wildman–Crippen MR) is 75.0 cm³/mol. The van der Waals surface area contributed by atoms with E-state index >= 15 is 0 Å². The summed E-state index contributed by atoms with van der Waals surface area (Å²) in [6, 6.07) is 2.93. The lowest BCUT2D eigenvalue weighted by Gasteiger charge is -2.11. The van der Waals surface area contributed by atoms with Gasteiger partial charge in [-0.25, -0.2) is 8.42 Å². The number of rotatable bonds is 3. The summed E-state index contributed by atoms with van der Waals surface area (Å²) in [5.41, 5.74) is -4.11. The van der Waals surface area contributed by atoms with Crippen molar-refractivity contribution in [2.45, 2.75) is 22.1 Å². The van der Waals surface area contributed by atoms with Crippen molar-refractivity contribution in [1.29, 1.82) is 0 Å². The molecule has 0 bridgehead atoms. The summed E-state index contributed by atoms with van der Waals surface area (Å²) in [6.45, 7) is 0. The van der Waals surface area contributed by atoms with Gasteiger partial charge in [0.2, 0.25) is 9.84 Å². The van der Waals surface area contributed by atoms with Gasteiger partial charge in [-0.05, 0) is 24.3 Å². The number of hydrogen-bond acceptors (Lipinski definition) is 4. The van der Waals surface area contributed by atoms with E-state index in [0.29, 0.717) is 12.1 Å². The average Bonchev–Trinajstić information content (AvgIpc) is 2.53. The minimum atomic E-state index is -5.09. The number of non-ortho nitro benzene ring substituents is 1. The molecule has 0 heterocycles. The van der Waals surface area contributed by atoms with Crippen LogP contribution in [0.15, 0.2) is 52.3 Å². The van der Waals surface area contributed by atoms with E-state index in [9.17, 15) is 44.9 Å². The lowest BCUT2D eigenvalue weighted by Crippen LogP contribution is -2.11. The van der Waals surface area contributed by atoms with E-state index in [-0.39, 0.29) is 18.2 Å². The Balaban J connectivity index is 2.70. The molecule has 0 amide bonds. The average molecular weight is 399 g/mol. The Morgan fingerprint density at radius 1 is 0.808 bits per heavy atom. The van der Waals surface area contributed by atoms with Crippen molar-refractivity contribution in [2.24, 2.45) is 0 Å². The molecule has 26 heavy (non-hydrogen) atoms. The van der Waals surface area contributed by atoms with Crippen molar-refractivity contribution >= 4 is 15.5 Å². The molecule has 0 unspecified atom stereocenters. The summed E-state index contributed by atoms with van der Waals surface area (Å²) in [5.74, 6) is 0. The first-order valence-electron chi connectivity index (χ1n) is 6.52. The van der Waals surface area contributed by atoms with Gasteiger partial charge >= 0.3 is 12.4 Å². The van der Waals surface area contributed by atoms with Crippen molar-refractivity contribution in [3.63, 3.8) is 0 Å². The Kier molecular flexibility index (Phi) is 4.75. The zero-order chi connectivity index (χ0) is 19.9. The zero-order valence-electron chi connectivity index (χ0n) is 12.3. The minimum Gasteiger partial charge on any atom is -0.258 e. The molecule has 12 heteroatoms. The highest BCUT2D eigenvalue weighted by Gasteiger charge is 2.36. The number of benzene rings is 2. The van der Waals surface area contributed by atoms with Crippen molar-refractivity contribution in [3.8, 4) is 0 Å². The van der Waals surface area contributed by atoms with Crippen molar-refractivity contribution in [3.05, 3.63) is 63.7 Å². The number of nitro benzene ring substituents is 1. The Bertz CT molecular complexity index is 966. The van der Waals surface area contributed by atoms with Crippen LogP contribution in [0.25, 0.3) is 0 Å². The molecule has 0 aliphatic carbocycles. The summed E-state index contributed by atoms with van der Waals surface area (Å²) >= 11 is 0. The highest BCUT2D eigenvalue weighted by atomic mass is 32.2. The van der Waals surface area contributed by atoms with Crippen LogP contribution in [-0.4, -0.2) is 13.3 Å². The van der Waals surface area contributed by atoms with Gasteiger partial charge in [0.15, 0.2) is 0 Å². The van der Waals surface area contributed by atoms with Crippen LogP contribution >= 0.6 is 0 Å². The fourth-order valence-electron chi connectivity index (χ4n) is 1.98. The van der Waals surface area contributed by atoms with E-state index < -0.39 is 53.7 Å². The molecular weight excluding hydrogens is 392 g/mol. The second-order valence-corrected chi connectivity index (χ2v) is 6.95. The highest BCUT2D eigenvalue weighted by molar-refractivity contribution is 7.91. The third-order valence-corrected chi connectivity index (χ3v) is 4.94. The topological polar surface area (TPSA) is 77.3 Å². The largest absolute Gasteiger partial charge is 0.416 e. The standard InChI is InChI=1S/C14H7F6NO4S/c15-13(16,17)8-2-1-3-11(5-8)26(24,25)12-6-9(14(18,19)20)4-10(7-12)21(22)23/h1-7H. The Labute approximate surface area is 141 Å². The summed E-state index contributed by atoms with van der Waals surface area (Å²) in [7, 11) is -4.86. The molecule has 0 aliphatic rings. The fraction of sp³-hybridized carbons (Fsp3) is 0.143. The summed E-state index contributed by atoms with van der Waals surface area (Å²) in [4.78, 5) is 7.46. The molecule has 0 fully saturated rings. The van der Waals surface area contributed by atoms with Crippen LogP contribution in [0.5, 0.6) is 0 Å². The normalized spacial score (nSPS) is 12.8. The smallest absolute Gasteiger partial charge is 0.258 e. The molecule has 0 spiro atoms. The van der Waals surface area contributed by atoms with Gasteiger partial charge in [-0.2, -0.15) is 26.3 Å². The van der Waals surface area contributed by atoms with E-state index in [1.54, 1.807) is 0 Å². The van der Waals surface area contributed by atoms with Crippen LogP contribution in [0, 0.1) is 10.1 Å². The second kappa shape index (κ2) is 6.27. The molecule has 0 aliphatic heterocycles. The number of hydrogen-bond donors (Lipinski definition) is 0. The predicted octanol–water partition coefficient (Wildman–Crippen LogP) is 4.47. The van der Waals surface area contributed by atoms with E-state index in [1.807, 2.05) is 0 Å². The van der Waals surface area contributed by atoms with Crippen LogP contribution in [0.1, 0.15) is 11.1 Å². The highest BCUT2D eigenvalue weighted by Crippen LogP contribution is 2.36. The first-order valence-corrected chi connectivity index (χ1v) is 8.00. The van der Waals surface area contributed by atoms with Gasteiger partial charge < -0.3 is 0 Å². The van der Waals surface area contributed by atoms with E-state index in [2.05, 4.69) is 0 Å². The summed E-state index contributed by atoms with van der Waals surface area (Å²) in [6.07, 6.45) is -9.98. The third kappa shape index (κ3) is 3.95. The molecule has 0 saturated carbocycles. The molecular formula is C14H7F6NO4S. The first-order chi connectivity index (χ1) is 11.7. The molecule has 0 radical (unpaired) electrons. The number of halogens is 6. The third-order valence-electron chi connectivity index (χ3n) is 3.21. The maximum atomic E-state index is 12.9. The Hall–Kier alpha value is -2.63. The molecule has 2 aromatic rings. The van der Waals surface area contributed by atoms with Crippen molar-refractivity contribution in [2.75, 3.05) is 0 Å². The Morgan fingerprint density at radius 2 is 1.35 bits per heavy atom. The molecule has 0 N–H and O–H groups in total. The van der Waals surface area contributed by atoms with Crippen LogP contribution in [0.4, 0.5) is 32.0 Å². The van der Waals surface area contributed by atoms with Gasteiger partial charge in [-0.15, -0.1) is 0 Å². The van der Waals surface area contributed by atoms with Crippen LogP contribution in [0.3, 0.4) is 0 Å². The monoisotopic (exact) mass is 399 g/mol.